The minimum atomic E-state index is -0.0103. The van der Waals surface area contributed by atoms with Crippen LogP contribution in [-0.4, -0.2) is 10.4 Å². The lowest BCUT2D eigenvalue weighted by Gasteiger charge is -2.09. The van der Waals surface area contributed by atoms with Gasteiger partial charge in [-0.25, -0.2) is 5.53 Å². The summed E-state index contributed by atoms with van der Waals surface area (Å²) in [5.74, 6) is 0.538. The van der Waals surface area contributed by atoms with Gasteiger partial charge in [0.05, 0.1) is 0 Å². The van der Waals surface area contributed by atoms with Gasteiger partial charge in [-0.05, 0) is 41.3 Å². The van der Waals surface area contributed by atoms with Crippen LogP contribution in [-0.2, 0) is 6.54 Å². The molecular formula is C19H20N4. The number of hydrogen-bond acceptors (Lipinski definition) is 2. The van der Waals surface area contributed by atoms with Gasteiger partial charge in [0.25, 0.3) is 0 Å². The molecule has 3 aromatic rings. The Morgan fingerprint density at radius 1 is 1.09 bits per heavy atom. The highest BCUT2D eigenvalue weighted by Crippen LogP contribution is 2.21. The van der Waals surface area contributed by atoms with Crippen LogP contribution < -0.4 is 0 Å². The second-order valence-electron chi connectivity index (χ2n) is 6.07. The highest BCUT2D eigenvalue weighted by atomic mass is 15.0. The third kappa shape index (κ3) is 3.06. The van der Waals surface area contributed by atoms with E-state index in [0.29, 0.717) is 11.5 Å². The third-order valence-corrected chi connectivity index (χ3v) is 4.16. The number of fused-ring (bicyclic) bond motifs is 1. The van der Waals surface area contributed by atoms with E-state index >= 15 is 0 Å². The lowest BCUT2D eigenvalue weighted by Crippen LogP contribution is -1.99. The zero-order valence-corrected chi connectivity index (χ0v) is 13.4. The fourth-order valence-corrected chi connectivity index (χ4v) is 2.75. The maximum absolute atomic E-state index is 7.63. The molecule has 0 amide bonds. The molecule has 2 N–H and O–H groups in total. The Labute approximate surface area is 135 Å². The first-order valence-corrected chi connectivity index (χ1v) is 7.72. The van der Waals surface area contributed by atoms with Crippen molar-refractivity contribution in [3.8, 4) is 0 Å². The normalized spacial score (nSPS) is 11.1. The molecule has 1 heterocycles. The van der Waals surface area contributed by atoms with E-state index in [9.17, 15) is 0 Å². The molecule has 0 bridgehead atoms. The number of nitrogens with zero attached hydrogens (tertiary/aromatic N) is 2. The van der Waals surface area contributed by atoms with Gasteiger partial charge >= 0.3 is 0 Å². The Hall–Kier alpha value is -2.75. The monoisotopic (exact) mass is 304 g/mol. The first-order valence-electron chi connectivity index (χ1n) is 7.72. The summed E-state index contributed by atoms with van der Waals surface area (Å²) in [4.78, 5) is 0. The zero-order chi connectivity index (χ0) is 16.4. The Balaban J connectivity index is 1.88. The molecule has 0 fully saturated rings. The van der Waals surface area contributed by atoms with Gasteiger partial charge < -0.3 is 4.57 Å². The van der Waals surface area contributed by atoms with E-state index in [1.807, 2.05) is 24.3 Å². The van der Waals surface area contributed by atoms with Crippen molar-refractivity contribution in [3.63, 3.8) is 0 Å². The van der Waals surface area contributed by atoms with Gasteiger partial charge in [0.15, 0.2) is 5.84 Å². The van der Waals surface area contributed by atoms with Crippen molar-refractivity contribution in [2.24, 2.45) is 5.11 Å². The van der Waals surface area contributed by atoms with E-state index in [1.165, 1.54) is 11.1 Å². The molecule has 23 heavy (non-hydrogen) atoms. The average Bonchev–Trinajstić information content (AvgIpc) is 2.96. The van der Waals surface area contributed by atoms with Gasteiger partial charge in [-0.1, -0.05) is 38.1 Å². The summed E-state index contributed by atoms with van der Waals surface area (Å²) in [6, 6.07) is 16.6. The topological polar surface area (TPSA) is 65.0 Å². The number of nitrogens with one attached hydrogen (secondary N) is 2. The van der Waals surface area contributed by atoms with Crippen LogP contribution in [0, 0.1) is 10.9 Å². The smallest absolute Gasteiger partial charge is 0.173 e. The molecule has 3 rings (SSSR count). The van der Waals surface area contributed by atoms with Crippen LogP contribution in [0.1, 0.15) is 36.5 Å². The van der Waals surface area contributed by atoms with E-state index in [4.69, 9.17) is 10.9 Å². The second kappa shape index (κ2) is 6.16. The zero-order valence-electron chi connectivity index (χ0n) is 13.4. The number of aromatic nitrogens is 1. The van der Waals surface area contributed by atoms with Crippen molar-refractivity contribution >= 4 is 16.7 Å². The van der Waals surface area contributed by atoms with E-state index in [-0.39, 0.29) is 5.84 Å². The molecular weight excluding hydrogens is 284 g/mol. The Kier molecular flexibility index (Phi) is 4.06. The molecule has 1 aromatic heterocycles. The summed E-state index contributed by atoms with van der Waals surface area (Å²) in [5.41, 5.74) is 11.4. The number of amidine groups is 1. The van der Waals surface area contributed by atoms with E-state index < -0.39 is 0 Å². The summed E-state index contributed by atoms with van der Waals surface area (Å²) in [6.07, 6.45) is 2.06. The lowest BCUT2D eigenvalue weighted by atomic mass is 10.0. The highest BCUT2D eigenvalue weighted by molar-refractivity contribution is 5.99. The van der Waals surface area contributed by atoms with Gasteiger partial charge in [-0.3, -0.25) is 5.41 Å². The van der Waals surface area contributed by atoms with E-state index in [2.05, 4.69) is 54.0 Å². The summed E-state index contributed by atoms with van der Waals surface area (Å²) >= 11 is 0. The van der Waals surface area contributed by atoms with Gasteiger partial charge in [-0.2, -0.15) is 0 Å². The summed E-state index contributed by atoms with van der Waals surface area (Å²) in [7, 11) is 0. The quantitative estimate of drug-likeness (QED) is 0.379. The van der Waals surface area contributed by atoms with Crippen LogP contribution in [0.4, 0.5) is 0 Å². The molecule has 0 unspecified atom stereocenters. The molecule has 0 aliphatic carbocycles. The second-order valence-corrected chi connectivity index (χ2v) is 6.07. The van der Waals surface area contributed by atoms with Crippen LogP contribution in [0.3, 0.4) is 0 Å². The fraction of sp³-hybridized carbons (Fsp3) is 0.211. The Morgan fingerprint density at radius 3 is 2.48 bits per heavy atom. The maximum Gasteiger partial charge on any atom is 0.173 e. The molecule has 0 aliphatic rings. The molecule has 2 aromatic carbocycles. The molecule has 0 atom stereocenters. The number of rotatable bonds is 4. The van der Waals surface area contributed by atoms with Gasteiger partial charge in [-0.15, -0.1) is 5.11 Å². The Morgan fingerprint density at radius 2 is 1.83 bits per heavy atom. The first-order chi connectivity index (χ1) is 11.1. The largest absolute Gasteiger partial charge is 0.343 e. The van der Waals surface area contributed by atoms with Gasteiger partial charge in [0, 0.05) is 29.2 Å². The van der Waals surface area contributed by atoms with Crippen LogP contribution in [0.25, 0.3) is 10.9 Å². The lowest BCUT2D eigenvalue weighted by molar-refractivity contribution is 0.829. The average molecular weight is 304 g/mol. The molecule has 0 saturated heterocycles. The number of hydrogen-bond donors (Lipinski definition) is 2. The van der Waals surface area contributed by atoms with Crippen molar-refractivity contribution in [1.29, 1.82) is 10.9 Å². The van der Waals surface area contributed by atoms with Crippen LogP contribution in [0.5, 0.6) is 0 Å². The van der Waals surface area contributed by atoms with E-state index in [1.54, 1.807) is 0 Å². The molecule has 4 nitrogen and oxygen atoms in total. The molecule has 0 aliphatic heterocycles. The summed E-state index contributed by atoms with van der Waals surface area (Å²) < 4.78 is 2.20. The minimum absolute atomic E-state index is 0.0103. The van der Waals surface area contributed by atoms with E-state index in [0.717, 1.165) is 17.4 Å². The Bertz CT molecular complexity index is 857. The van der Waals surface area contributed by atoms with Crippen molar-refractivity contribution in [1.82, 2.24) is 4.57 Å². The van der Waals surface area contributed by atoms with Crippen LogP contribution >= 0.6 is 0 Å². The predicted octanol–water partition coefficient (Wildman–Crippen LogP) is 5.17. The van der Waals surface area contributed by atoms with Gasteiger partial charge in [0.2, 0.25) is 0 Å². The summed E-state index contributed by atoms with van der Waals surface area (Å²) in [5, 5.41) is 11.9. The van der Waals surface area contributed by atoms with Crippen molar-refractivity contribution < 1.29 is 0 Å². The molecule has 0 saturated carbocycles. The van der Waals surface area contributed by atoms with Crippen molar-refractivity contribution in [2.75, 3.05) is 0 Å². The van der Waals surface area contributed by atoms with Gasteiger partial charge in [0.1, 0.15) is 0 Å². The van der Waals surface area contributed by atoms with Crippen molar-refractivity contribution in [3.05, 3.63) is 71.4 Å². The van der Waals surface area contributed by atoms with Crippen LogP contribution in [0.2, 0.25) is 0 Å². The molecule has 4 heteroatoms. The highest BCUT2D eigenvalue weighted by Gasteiger charge is 2.06. The standard InChI is InChI=1S/C19H20N4/c1-13(2)15-5-3-14(4-6-15)12-23-10-9-16-11-17(19(20)22-21)7-8-18(16)23/h3-11,13,20-21H,12H2,1-2H3. The maximum atomic E-state index is 7.63. The number of benzene rings is 2. The van der Waals surface area contributed by atoms with Crippen LogP contribution in [0.15, 0.2) is 59.8 Å². The first kappa shape index (κ1) is 15.2. The minimum Gasteiger partial charge on any atom is -0.343 e. The molecule has 0 radical (unpaired) electrons. The summed E-state index contributed by atoms with van der Waals surface area (Å²) in [6.45, 7) is 5.22. The van der Waals surface area contributed by atoms with Crippen molar-refractivity contribution in [2.45, 2.75) is 26.3 Å². The molecule has 116 valence electrons. The molecule has 0 spiro atoms. The predicted molar refractivity (Wildman–Crippen MR) is 93.5 cm³/mol. The third-order valence-electron chi connectivity index (χ3n) is 4.16. The fourth-order valence-electron chi connectivity index (χ4n) is 2.75. The SMILES string of the molecule is CC(C)c1ccc(Cn2ccc3cc(C(=N)N=N)ccc32)cc1.